The average Bonchev–Trinajstić information content (AvgIpc) is 2.43. The van der Waals surface area contributed by atoms with Gasteiger partial charge >= 0.3 is 0 Å². The Morgan fingerprint density at radius 3 is 2.77 bits per heavy atom. The summed E-state index contributed by atoms with van der Waals surface area (Å²) in [5.41, 5.74) is 0.190. The van der Waals surface area contributed by atoms with E-state index in [0.29, 0.717) is 22.3 Å². The maximum Gasteiger partial charge on any atom is 0.213 e. The third-order valence-corrected chi connectivity index (χ3v) is 2.70. The molecule has 0 N–H and O–H groups in total. The van der Waals surface area contributed by atoms with E-state index in [9.17, 15) is 13.6 Å². The highest BCUT2D eigenvalue weighted by molar-refractivity contribution is 7.17. The minimum absolute atomic E-state index is 0.0833. The number of hydrogen-bond donors (Lipinski definition) is 0. The molecule has 0 aliphatic carbocycles. The lowest BCUT2D eigenvalue weighted by atomic mass is 10.1. The average molecular weight is 198 g/mol. The first-order valence-electron chi connectivity index (χ1n) is 3.55. The van der Waals surface area contributed by atoms with Crippen molar-refractivity contribution in [3.8, 4) is 0 Å². The van der Waals surface area contributed by atoms with Crippen molar-refractivity contribution >= 4 is 27.7 Å². The summed E-state index contributed by atoms with van der Waals surface area (Å²) in [4.78, 5) is 10.5. The number of carbonyl (C=O) groups excluding carboxylic acids is 1. The van der Waals surface area contributed by atoms with Gasteiger partial charge in [0.25, 0.3) is 0 Å². The van der Waals surface area contributed by atoms with Crippen molar-refractivity contribution < 1.29 is 13.6 Å². The third-order valence-electron chi connectivity index (χ3n) is 1.78. The first kappa shape index (κ1) is 8.31. The molecule has 0 aliphatic heterocycles. The van der Waals surface area contributed by atoms with Crippen LogP contribution in [0.15, 0.2) is 18.2 Å². The summed E-state index contributed by atoms with van der Waals surface area (Å²) in [6.45, 7) is 0. The van der Waals surface area contributed by atoms with Crippen LogP contribution in [-0.2, 0) is 0 Å². The zero-order valence-electron chi connectivity index (χ0n) is 6.38. The molecule has 0 fully saturated rings. The number of halogens is 2. The number of thiophene rings is 1. The summed E-state index contributed by atoms with van der Waals surface area (Å²) >= 11 is 0.708. The van der Waals surface area contributed by atoms with Gasteiger partial charge in [0.2, 0.25) is 5.13 Å². The molecule has 1 nitrogen and oxygen atoms in total. The predicted octanol–water partition coefficient (Wildman–Crippen LogP) is 2.99. The molecule has 0 bridgehead atoms. The Labute approximate surface area is 76.6 Å². The van der Waals surface area contributed by atoms with Crippen LogP contribution in [0.2, 0.25) is 0 Å². The molecular weight excluding hydrogens is 194 g/mol. The van der Waals surface area contributed by atoms with Gasteiger partial charge in [0.05, 0.1) is 0 Å². The number of carbonyl (C=O) groups is 1. The molecule has 0 saturated heterocycles. The monoisotopic (exact) mass is 198 g/mol. The molecule has 1 aromatic heterocycles. The second-order valence-corrected chi connectivity index (χ2v) is 3.53. The second kappa shape index (κ2) is 2.88. The normalized spacial score (nSPS) is 10.6. The van der Waals surface area contributed by atoms with Crippen LogP contribution in [0, 0.1) is 10.9 Å². The van der Waals surface area contributed by atoms with Crippen LogP contribution in [0.3, 0.4) is 0 Å². The number of aldehydes is 1. The molecule has 2 rings (SSSR count). The molecule has 2 aromatic rings. The summed E-state index contributed by atoms with van der Waals surface area (Å²) in [5, 5.41) is -0.788. The van der Waals surface area contributed by atoms with Crippen molar-refractivity contribution in [2.24, 2.45) is 0 Å². The van der Waals surface area contributed by atoms with Crippen LogP contribution in [-0.4, -0.2) is 6.29 Å². The SMILES string of the molecule is O=Cc1cccc2sc(F)c(F)c12. The van der Waals surface area contributed by atoms with Crippen LogP contribution >= 0.6 is 11.3 Å². The van der Waals surface area contributed by atoms with Gasteiger partial charge in [-0.2, -0.15) is 4.39 Å². The van der Waals surface area contributed by atoms with Gasteiger partial charge in [0.15, 0.2) is 12.1 Å². The first-order valence-corrected chi connectivity index (χ1v) is 4.37. The van der Waals surface area contributed by atoms with E-state index in [1.54, 1.807) is 12.1 Å². The number of hydrogen-bond acceptors (Lipinski definition) is 2. The quantitative estimate of drug-likeness (QED) is 0.644. The molecular formula is C9H4F2OS. The maximum absolute atomic E-state index is 13.1. The van der Waals surface area contributed by atoms with Crippen molar-refractivity contribution in [1.29, 1.82) is 0 Å². The van der Waals surface area contributed by atoms with Crippen molar-refractivity contribution in [2.45, 2.75) is 0 Å². The van der Waals surface area contributed by atoms with E-state index >= 15 is 0 Å². The van der Waals surface area contributed by atoms with Gasteiger partial charge in [-0.3, -0.25) is 4.79 Å². The smallest absolute Gasteiger partial charge is 0.213 e. The van der Waals surface area contributed by atoms with Crippen LogP contribution in [0.4, 0.5) is 8.78 Å². The van der Waals surface area contributed by atoms with Crippen molar-refractivity contribution in [3.05, 3.63) is 34.7 Å². The molecule has 0 spiro atoms. The first-order chi connectivity index (χ1) is 6.24. The summed E-state index contributed by atoms with van der Waals surface area (Å²) in [6, 6.07) is 4.64. The highest BCUT2D eigenvalue weighted by atomic mass is 32.1. The minimum Gasteiger partial charge on any atom is -0.298 e. The standard InChI is InChI=1S/C9H4F2OS/c10-8-7-5(4-12)2-1-3-6(7)13-9(8)11/h1-4H. The van der Waals surface area contributed by atoms with E-state index in [-0.39, 0.29) is 10.9 Å². The molecule has 0 amide bonds. The summed E-state index contributed by atoms with van der Waals surface area (Å²) in [5.74, 6) is -0.928. The zero-order chi connectivity index (χ0) is 9.42. The van der Waals surface area contributed by atoms with Gasteiger partial charge in [-0.25, -0.2) is 4.39 Å². The van der Waals surface area contributed by atoms with Crippen LogP contribution in [0.25, 0.3) is 10.1 Å². The van der Waals surface area contributed by atoms with E-state index in [2.05, 4.69) is 0 Å². The summed E-state index contributed by atoms with van der Waals surface area (Å²) < 4.78 is 26.3. The zero-order valence-corrected chi connectivity index (χ0v) is 7.20. The number of benzene rings is 1. The van der Waals surface area contributed by atoms with Crippen molar-refractivity contribution in [1.82, 2.24) is 0 Å². The molecule has 66 valence electrons. The molecule has 0 atom stereocenters. The molecule has 1 aromatic carbocycles. The van der Waals surface area contributed by atoms with Crippen LogP contribution in [0.5, 0.6) is 0 Å². The van der Waals surface area contributed by atoms with Crippen LogP contribution < -0.4 is 0 Å². The molecule has 1 heterocycles. The van der Waals surface area contributed by atoms with Crippen molar-refractivity contribution in [2.75, 3.05) is 0 Å². The topological polar surface area (TPSA) is 17.1 Å². The van der Waals surface area contributed by atoms with Gasteiger partial charge in [-0.1, -0.05) is 12.1 Å². The van der Waals surface area contributed by atoms with Gasteiger partial charge < -0.3 is 0 Å². The van der Waals surface area contributed by atoms with E-state index in [4.69, 9.17) is 0 Å². The summed E-state index contributed by atoms with van der Waals surface area (Å²) in [6.07, 6.45) is 0.525. The summed E-state index contributed by atoms with van der Waals surface area (Å²) in [7, 11) is 0. The van der Waals surface area contributed by atoms with Crippen molar-refractivity contribution in [3.63, 3.8) is 0 Å². The molecule has 0 aliphatic rings. The lowest BCUT2D eigenvalue weighted by Crippen LogP contribution is -1.82. The number of rotatable bonds is 1. The van der Waals surface area contributed by atoms with Gasteiger partial charge in [-0.15, -0.1) is 11.3 Å². The minimum atomic E-state index is -0.928. The Morgan fingerprint density at radius 2 is 2.08 bits per heavy atom. The predicted molar refractivity (Wildman–Crippen MR) is 47.1 cm³/mol. The molecule has 4 heteroatoms. The second-order valence-electron chi connectivity index (χ2n) is 2.53. The van der Waals surface area contributed by atoms with Gasteiger partial charge in [0, 0.05) is 15.6 Å². The lowest BCUT2D eigenvalue weighted by Gasteiger charge is -1.92. The highest BCUT2D eigenvalue weighted by Crippen LogP contribution is 2.30. The van der Waals surface area contributed by atoms with E-state index in [1.165, 1.54) is 6.07 Å². The highest BCUT2D eigenvalue weighted by Gasteiger charge is 2.14. The third kappa shape index (κ3) is 1.14. The fraction of sp³-hybridized carbons (Fsp3) is 0. The maximum atomic E-state index is 13.1. The molecule has 0 unspecified atom stereocenters. The fourth-order valence-corrected chi connectivity index (χ4v) is 2.05. The van der Waals surface area contributed by atoms with Gasteiger partial charge in [0.1, 0.15) is 0 Å². The Kier molecular flexibility index (Phi) is 1.84. The Hall–Kier alpha value is -1.29. The largest absolute Gasteiger partial charge is 0.298 e. The van der Waals surface area contributed by atoms with E-state index in [1.807, 2.05) is 0 Å². The molecule has 13 heavy (non-hydrogen) atoms. The van der Waals surface area contributed by atoms with E-state index < -0.39 is 10.9 Å². The van der Waals surface area contributed by atoms with E-state index in [0.717, 1.165) is 0 Å². The Balaban J connectivity index is 2.94. The Bertz CT molecular complexity index is 476. The lowest BCUT2D eigenvalue weighted by molar-refractivity contribution is 0.112. The number of fused-ring (bicyclic) bond motifs is 1. The molecule has 0 saturated carbocycles. The molecule has 0 radical (unpaired) electrons. The fourth-order valence-electron chi connectivity index (χ4n) is 1.21. The van der Waals surface area contributed by atoms with Gasteiger partial charge in [-0.05, 0) is 6.07 Å². The Morgan fingerprint density at radius 1 is 1.31 bits per heavy atom. The van der Waals surface area contributed by atoms with Crippen LogP contribution in [0.1, 0.15) is 10.4 Å².